The summed E-state index contributed by atoms with van der Waals surface area (Å²) in [6.07, 6.45) is 0. The van der Waals surface area contributed by atoms with Gasteiger partial charge in [-0.05, 0) is 37.7 Å². The summed E-state index contributed by atoms with van der Waals surface area (Å²) in [5.74, 6) is 0.335. The maximum absolute atomic E-state index is 12.3. The van der Waals surface area contributed by atoms with Crippen molar-refractivity contribution in [3.63, 3.8) is 0 Å². The van der Waals surface area contributed by atoms with Crippen LogP contribution in [-0.4, -0.2) is 78.7 Å². The van der Waals surface area contributed by atoms with Gasteiger partial charge in [-0.2, -0.15) is 4.31 Å². The van der Waals surface area contributed by atoms with Gasteiger partial charge < -0.3 is 9.64 Å². The van der Waals surface area contributed by atoms with E-state index in [-0.39, 0.29) is 17.2 Å². The van der Waals surface area contributed by atoms with Crippen molar-refractivity contribution in [2.45, 2.75) is 11.8 Å². The third kappa shape index (κ3) is 5.14. The van der Waals surface area contributed by atoms with E-state index in [1.165, 1.54) is 23.5 Å². The Hall–Kier alpha value is -1.20. The summed E-state index contributed by atoms with van der Waals surface area (Å²) in [5.41, 5.74) is 0.690. The number of benzene rings is 1. The van der Waals surface area contributed by atoms with Gasteiger partial charge in [0.2, 0.25) is 20.0 Å². The van der Waals surface area contributed by atoms with E-state index in [1.54, 1.807) is 13.0 Å². The van der Waals surface area contributed by atoms with E-state index in [2.05, 4.69) is 9.62 Å². The number of rotatable bonds is 7. The van der Waals surface area contributed by atoms with Crippen molar-refractivity contribution in [2.24, 2.45) is 0 Å². The van der Waals surface area contributed by atoms with Crippen LogP contribution in [0.25, 0.3) is 0 Å². The Labute approximate surface area is 149 Å². The van der Waals surface area contributed by atoms with Gasteiger partial charge in [-0.1, -0.05) is 0 Å². The van der Waals surface area contributed by atoms with Gasteiger partial charge in [-0.3, -0.25) is 0 Å². The van der Waals surface area contributed by atoms with Gasteiger partial charge in [0.15, 0.2) is 0 Å². The van der Waals surface area contributed by atoms with Crippen LogP contribution in [-0.2, 0) is 20.0 Å². The summed E-state index contributed by atoms with van der Waals surface area (Å²) in [7, 11) is -3.79. The van der Waals surface area contributed by atoms with Crippen LogP contribution in [0.15, 0.2) is 23.1 Å². The van der Waals surface area contributed by atoms with Crippen molar-refractivity contribution in [1.82, 2.24) is 13.9 Å². The zero-order valence-corrected chi connectivity index (χ0v) is 16.4. The molecule has 1 aliphatic rings. The third-order valence-corrected chi connectivity index (χ3v) is 7.52. The number of piperazine rings is 1. The molecule has 1 fully saturated rings. The molecule has 1 heterocycles. The minimum absolute atomic E-state index is 0.0859. The monoisotopic (exact) mass is 391 g/mol. The number of aryl methyl sites for hydroxylation is 1. The molecule has 0 amide bonds. The molecule has 10 heteroatoms. The lowest BCUT2D eigenvalue weighted by atomic mass is 10.2. The molecule has 1 aromatic rings. The molecule has 0 unspecified atom stereocenters. The average molecular weight is 392 g/mol. The number of ether oxygens (including phenoxy) is 1. The molecular formula is C15H25N3O5S2. The fourth-order valence-corrected chi connectivity index (χ4v) is 5.19. The summed E-state index contributed by atoms with van der Waals surface area (Å²) in [6.45, 7) is 3.80. The second kappa shape index (κ2) is 8.00. The number of sulfonamides is 2. The molecule has 0 saturated carbocycles. The molecular weight excluding hydrogens is 366 g/mol. The molecule has 0 bridgehead atoms. The second-order valence-corrected chi connectivity index (χ2v) is 9.90. The van der Waals surface area contributed by atoms with E-state index in [0.29, 0.717) is 37.5 Å². The Balaban J connectivity index is 1.97. The van der Waals surface area contributed by atoms with Gasteiger partial charge in [-0.15, -0.1) is 0 Å². The summed E-state index contributed by atoms with van der Waals surface area (Å²) in [6, 6.07) is 4.50. The minimum atomic E-state index is -3.77. The predicted molar refractivity (Wildman–Crippen MR) is 95.8 cm³/mol. The maximum atomic E-state index is 12.3. The number of methoxy groups -OCH3 is 1. The van der Waals surface area contributed by atoms with E-state index < -0.39 is 20.0 Å². The number of hydrogen-bond donors (Lipinski definition) is 1. The largest absolute Gasteiger partial charge is 0.496 e. The molecule has 0 atom stereocenters. The summed E-state index contributed by atoms with van der Waals surface area (Å²) in [5, 5.41) is 0. The van der Waals surface area contributed by atoms with Gasteiger partial charge >= 0.3 is 0 Å². The summed E-state index contributed by atoms with van der Waals surface area (Å²) >= 11 is 0. The molecule has 0 aromatic heterocycles. The molecule has 1 saturated heterocycles. The lowest BCUT2D eigenvalue weighted by Gasteiger charge is -2.31. The standard InChI is InChI=1S/C15H25N3O5S2/c1-13-12-14(4-5-15(13)23-3)25(21,22)16-6-11-24(19,20)18-9-7-17(2)8-10-18/h4-5,12,16H,6-11H2,1-3H3. The number of nitrogens with zero attached hydrogens (tertiary/aromatic N) is 2. The number of hydrogen-bond acceptors (Lipinski definition) is 6. The van der Waals surface area contributed by atoms with Gasteiger partial charge in [0, 0.05) is 32.7 Å². The highest BCUT2D eigenvalue weighted by molar-refractivity contribution is 7.90. The van der Waals surface area contributed by atoms with Crippen LogP contribution in [0.4, 0.5) is 0 Å². The lowest BCUT2D eigenvalue weighted by molar-refractivity contribution is 0.222. The Morgan fingerprint density at radius 2 is 1.76 bits per heavy atom. The molecule has 25 heavy (non-hydrogen) atoms. The normalized spacial score (nSPS) is 17.6. The van der Waals surface area contributed by atoms with Crippen LogP contribution in [0, 0.1) is 6.92 Å². The first-order chi connectivity index (χ1) is 11.7. The summed E-state index contributed by atoms with van der Waals surface area (Å²) < 4.78 is 58.1. The first kappa shape index (κ1) is 20.1. The van der Waals surface area contributed by atoms with E-state index in [1.807, 2.05) is 7.05 Å². The van der Waals surface area contributed by atoms with E-state index in [9.17, 15) is 16.8 Å². The van der Waals surface area contributed by atoms with Gasteiger partial charge in [-0.25, -0.2) is 21.6 Å². The summed E-state index contributed by atoms with van der Waals surface area (Å²) in [4.78, 5) is 2.14. The van der Waals surface area contributed by atoms with Gasteiger partial charge in [0.25, 0.3) is 0 Å². The van der Waals surface area contributed by atoms with Crippen molar-refractivity contribution in [2.75, 3.05) is 52.6 Å². The van der Waals surface area contributed by atoms with Crippen LogP contribution < -0.4 is 9.46 Å². The molecule has 8 nitrogen and oxygen atoms in total. The van der Waals surface area contributed by atoms with Crippen molar-refractivity contribution in [3.8, 4) is 5.75 Å². The predicted octanol–water partition coefficient (Wildman–Crippen LogP) is -0.141. The fourth-order valence-electron chi connectivity index (χ4n) is 2.60. The maximum Gasteiger partial charge on any atom is 0.240 e. The Morgan fingerprint density at radius 1 is 1.12 bits per heavy atom. The molecule has 0 spiro atoms. The smallest absolute Gasteiger partial charge is 0.240 e. The van der Waals surface area contributed by atoms with E-state index >= 15 is 0 Å². The van der Waals surface area contributed by atoms with Crippen molar-refractivity contribution >= 4 is 20.0 Å². The fraction of sp³-hybridized carbons (Fsp3) is 0.600. The molecule has 1 aromatic carbocycles. The van der Waals surface area contributed by atoms with E-state index in [0.717, 1.165) is 0 Å². The topological polar surface area (TPSA) is 96.0 Å². The average Bonchev–Trinajstić information content (AvgIpc) is 2.54. The third-order valence-electron chi connectivity index (χ3n) is 4.18. The van der Waals surface area contributed by atoms with Crippen LogP contribution in [0.3, 0.4) is 0 Å². The zero-order valence-electron chi connectivity index (χ0n) is 14.7. The number of nitrogens with one attached hydrogen (secondary N) is 1. The zero-order chi connectivity index (χ0) is 18.7. The molecule has 0 radical (unpaired) electrons. The highest BCUT2D eigenvalue weighted by atomic mass is 32.2. The van der Waals surface area contributed by atoms with Gasteiger partial charge in [0.1, 0.15) is 5.75 Å². The quantitative estimate of drug-likeness (QED) is 0.695. The molecule has 1 N–H and O–H groups in total. The highest BCUT2D eigenvalue weighted by Gasteiger charge is 2.26. The van der Waals surface area contributed by atoms with Crippen LogP contribution in [0.5, 0.6) is 5.75 Å². The van der Waals surface area contributed by atoms with Gasteiger partial charge in [0.05, 0.1) is 17.8 Å². The first-order valence-electron chi connectivity index (χ1n) is 7.96. The van der Waals surface area contributed by atoms with Crippen LogP contribution in [0.2, 0.25) is 0 Å². The number of likely N-dealkylation sites (N-methyl/N-ethyl adjacent to an activating group) is 1. The SMILES string of the molecule is COc1ccc(S(=O)(=O)NCCS(=O)(=O)N2CCN(C)CC2)cc1C. The lowest BCUT2D eigenvalue weighted by Crippen LogP contribution is -2.48. The van der Waals surface area contributed by atoms with Crippen LogP contribution in [0.1, 0.15) is 5.56 Å². The Bertz CT molecular complexity index is 800. The van der Waals surface area contributed by atoms with Crippen molar-refractivity contribution < 1.29 is 21.6 Å². The molecule has 2 rings (SSSR count). The van der Waals surface area contributed by atoms with E-state index in [4.69, 9.17) is 4.74 Å². The minimum Gasteiger partial charge on any atom is -0.496 e. The Kier molecular flexibility index (Phi) is 6.44. The molecule has 142 valence electrons. The molecule has 0 aliphatic carbocycles. The highest BCUT2D eigenvalue weighted by Crippen LogP contribution is 2.21. The first-order valence-corrected chi connectivity index (χ1v) is 11.1. The van der Waals surface area contributed by atoms with Crippen molar-refractivity contribution in [1.29, 1.82) is 0 Å². The second-order valence-electron chi connectivity index (χ2n) is 6.05. The van der Waals surface area contributed by atoms with Crippen molar-refractivity contribution in [3.05, 3.63) is 23.8 Å². The Morgan fingerprint density at radius 3 is 2.32 bits per heavy atom. The molecule has 1 aliphatic heterocycles. The van der Waals surface area contributed by atoms with Crippen LogP contribution >= 0.6 is 0 Å².